The molecule has 2 atom stereocenters. The molecule has 1 aliphatic heterocycles. The zero-order valence-electron chi connectivity index (χ0n) is 7.91. The highest BCUT2D eigenvalue weighted by Gasteiger charge is 2.27. The van der Waals surface area contributed by atoms with Crippen LogP contribution in [-0.4, -0.2) is 52.1 Å². The molecule has 13 heavy (non-hydrogen) atoms. The molecular weight excluding hydrogens is 174 g/mol. The van der Waals surface area contributed by atoms with Gasteiger partial charge in [0.15, 0.2) is 0 Å². The van der Waals surface area contributed by atoms with Crippen molar-refractivity contribution < 1.29 is 19.0 Å². The predicted molar refractivity (Wildman–Crippen MR) is 45.4 cm³/mol. The normalized spacial score (nSPS) is 27.5. The number of carbonyl (C=O) groups excluding carboxylic acids is 1. The molecule has 0 radical (unpaired) electrons. The third kappa shape index (κ3) is 2.95. The van der Waals surface area contributed by atoms with Crippen LogP contribution in [0.15, 0.2) is 0 Å². The van der Waals surface area contributed by atoms with Gasteiger partial charge in [-0.25, -0.2) is 0 Å². The van der Waals surface area contributed by atoms with Crippen molar-refractivity contribution in [3.63, 3.8) is 0 Å². The Morgan fingerprint density at radius 3 is 2.92 bits per heavy atom. The number of nitrogens with one attached hydrogen (secondary N) is 1. The van der Waals surface area contributed by atoms with Crippen molar-refractivity contribution in [3.8, 4) is 0 Å². The van der Waals surface area contributed by atoms with Crippen LogP contribution in [-0.2, 0) is 19.0 Å². The number of hydrogen-bond acceptors (Lipinski definition) is 5. The van der Waals surface area contributed by atoms with Gasteiger partial charge in [-0.15, -0.1) is 0 Å². The second-order valence-electron chi connectivity index (χ2n) is 2.88. The Labute approximate surface area is 77.3 Å². The largest absolute Gasteiger partial charge is 0.468 e. The maximum atomic E-state index is 10.8. The second kappa shape index (κ2) is 5.16. The highest BCUT2D eigenvalue weighted by Crippen LogP contribution is 2.08. The molecule has 0 bridgehead atoms. The number of hydrogen-bond donors (Lipinski definition) is 1. The summed E-state index contributed by atoms with van der Waals surface area (Å²) in [6.07, 6.45) is 0.0321. The van der Waals surface area contributed by atoms with Gasteiger partial charge in [0.25, 0.3) is 0 Å². The van der Waals surface area contributed by atoms with Crippen molar-refractivity contribution >= 4 is 5.97 Å². The van der Waals surface area contributed by atoms with Crippen molar-refractivity contribution in [2.75, 3.05) is 34.0 Å². The number of esters is 1. The average Bonchev–Trinajstić information content (AvgIpc) is 2.61. The first kappa shape index (κ1) is 10.4. The van der Waals surface area contributed by atoms with E-state index in [4.69, 9.17) is 9.47 Å². The van der Waals surface area contributed by atoms with Crippen LogP contribution in [0.25, 0.3) is 0 Å². The molecule has 0 aromatic carbocycles. The Kier molecular flexibility index (Phi) is 4.14. The summed E-state index contributed by atoms with van der Waals surface area (Å²) in [5.41, 5.74) is 0. The fourth-order valence-electron chi connectivity index (χ4n) is 1.24. The highest BCUT2D eigenvalue weighted by atomic mass is 16.5. The van der Waals surface area contributed by atoms with Crippen LogP contribution in [0.2, 0.25) is 0 Å². The van der Waals surface area contributed by atoms with Gasteiger partial charge in [-0.2, -0.15) is 0 Å². The minimum atomic E-state index is -0.276. The molecule has 1 fully saturated rings. The lowest BCUT2D eigenvalue weighted by Gasteiger charge is -2.16. The van der Waals surface area contributed by atoms with Crippen molar-refractivity contribution in [2.24, 2.45) is 0 Å². The SMILES string of the molecule is COC(=O)CN[C@@H]1COC[C@H]1OC. The minimum absolute atomic E-state index is 0.0321. The molecule has 0 unspecified atom stereocenters. The first-order chi connectivity index (χ1) is 6.27. The van der Waals surface area contributed by atoms with Crippen LogP contribution < -0.4 is 5.32 Å². The van der Waals surface area contributed by atoms with Gasteiger partial charge < -0.3 is 14.2 Å². The molecule has 0 aliphatic carbocycles. The summed E-state index contributed by atoms with van der Waals surface area (Å²) in [6.45, 7) is 1.36. The molecule has 76 valence electrons. The summed E-state index contributed by atoms with van der Waals surface area (Å²) in [4.78, 5) is 10.8. The molecule has 1 heterocycles. The van der Waals surface area contributed by atoms with E-state index in [1.807, 2.05) is 0 Å². The maximum Gasteiger partial charge on any atom is 0.319 e. The molecule has 0 aromatic heterocycles. The zero-order valence-corrected chi connectivity index (χ0v) is 7.91. The molecule has 5 nitrogen and oxygen atoms in total. The van der Waals surface area contributed by atoms with Gasteiger partial charge in [-0.3, -0.25) is 10.1 Å². The Hall–Kier alpha value is -0.650. The molecular formula is C8H15NO4. The molecule has 0 spiro atoms. The lowest BCUT2D eigenvalue weighted by Crippen LogP contribution is -2.42. The summed E-state index contributed by atoms with van der Waals surface area (Å²) in [5.74, 6) is -0.276. The lowest BCUT2D eigenvalue weighted by molar-refractivity contribution is -0.139. The minimum Gasteiger partial charge on any atom is -0.468 e. The highest BCUT2D eigenvalue weighted by molar-refractivity contribution is 5.71. The molecule has 0 saturated carbocycles. The summed E-state index contributed by atoms with van der Waals surface area (Å²) >= 11 is 0. The van der Waals surface area contributed by atoms with Crippen molar-refractivity contribution in [3.05, 3.63) is 0 Å². The molecule has 0 amide bonds. The number of carbonyl (C=O) groups is 1. The zero-order chi connectivity index (χ0) is 9.68. The van der Waals surface area contributed by atoms with Crippen LogP contribution in [0.5, 0.6) is 0 Å². The van der Waals surface area contributed by atoms with E-state index in [0.29, 0.717) is 13.2 Å². The average molecular weight is 189 g/mol. The predicted octanol–water partition coefficient (Wildman–Crippen LogP) is -0.837. The molecule has 5 heteroatoms. The van der Waals surface area contributed by atoms with Gasteiger partial charge in [0.2, 0.25) is 0 Å². The van der Waals surface area contributed by atoms with Crippen LogP contribution in [0.1, 0.15) is 0 Å². The molecule has 0 aromatic rings. The van der Waals surface area contributed by atoms with Crippen molar-refractivity contribution in [1.82, 2.24) is 5.32 Å². The summed E-state index contributed by atoms with van der Waals surface area (Å²) in [6, 6.07) is 0.0871. The van der Waals surface area contributed by atoms with Gasteiger partial charge in [0.1, 0.15) is 0 Å². The molecule has 1 N–H and O–H groups in total. The topological polar surface area (TPSA) is 56.8 Å². The van der Waals surface area contributed by atoms with Crippen molar-refractivity contribution in [1.29, 1.82) is 0 Å². The smallest absolute Gasteiger partial charge is 0.319 e. The van der Waals surface area contributed by atoms with Gasteiger partial charge in [-0.05, 0) is 0 Å². The van der Waals surface area contributed by atoms with Gasteiger partial charge >= 0.3 is 5.97 Å². The third-order valence-corrected chi connectivity index (χ3v) is 2.07. The number of rotatable bonds is 4. The summed E-state index contributed by atoms with van der Waals surface area (Å²) < 4.78 is 14.8. The Balaban J connectivity index is 2.23. The standard InChI is InChI=1S/C8H15NO4/c1-11-7-5-13-4-6(7)9-3-8(10)12-2/h6-7,9H,3-5H2,1-2H3/t6-,7-/m1/s1. The second-order valence-corrected chi connectivity index (χ2v) is 2.88. The van der Waals surface area contributed by atoms with Crippen LogP contribution in [0, 0.1) is 0 Å². The van der Waals surface area contributed by atoms with Gasteiger partial charge in [0.05, 0.1) is 39.0 Å². The van der Waals surface area contributed by atoms with E-state index in [9.17, 15) is 4.79 Å². The van der Waals surface area contributed by atoms with E-state index in [1.54, 1.807) is 7.11 Å². The van der Waals surface area contributed by atoms with Gasteiger partial charge in [-0.1, -0.05) is 0 Å². The van der Waals surface area contributed by atoms with E-state index in [1.165, 1.54) is 7.11 Å². The first-order valence-electron chi connectivity index (χ1n) is 4.18. The summed E-state index contributed by atoms with van der Waals surface area (Å²) in [7, 11) is 3.00. The Bertz CT molecular complexity index is 174. The van der Waals surface area contributed by atoms with Crippen molar-refractivity contribution in [2.45, 2.75) is 12.1 Å². The molecule has 1 rings (SSSR count). The number of methoxy groups -OCH3 is 2. The fraction of sp³-hybridized carbons (Fsp3) is 0.875. The Morgan fingerprint density at radius 1 is 1.54 bits per heavy atom. The molecule has 1 saturated heterocycles. The van der Waals surface area contributed by atoms with E-state index in [2.05, 4.69) is 10.1 Å². The first-order valence-corrected chi connectivity index (χ1v) is 4.18. The lowest BCUT2D eigenvalue weighted by atomic mass is 10.2. The van der Waals surface area contributed by atoms with E-state index in [0.717, 1.165) is 0 Å². The van der Waals surface area contributed by atoms with E-state index >= 15 is 0 Å². The maximum absolute atomic E-state index is 10.8. The molecule has 1 aliphatic rings. The quantitative estimate of drug-likeness (QED) is 0.584. The summed E-state index contributed by atoms with van der Waals surface area (Å²) in [5, 5.41) is 3.01. The van der Waals surface area contributed by atoms with E-state index in [-0.39, 0.29) is 24.7 Å². The van der Waals surface area contributed by atoms with Gasteiger partial charge in [0, 0.05) is 7.11 Å². The third-order valence-electron chi connectivity index (χ3n) is 2.07. The number of ether oxygens (including phenoxy) is 3. The Morgan fingerprint density at radius 2 is 2.31 bits per heavy atom. The van der Waals surface area contributed by atoms with E-state index < -0.39 is 0 Å². The van der Waals surface area contributed by atoms with Crippen LogP contribution in [0.4, 0.5) is 0 Å². The monoisotopic (exact) mass is 189 g/mol. The van der Waals surface area contributed by atoms with Crippen LogP contribution >= 0.6 is 0 Å². The fourth-order valence-corrected chi connectivity index (χ4v) is 1.24. The van der Waals surface area contributed by atoms with Crippen LogP contribution in [0.3, 0.4) is 0 Å².